The van der Waals surface area contributed by atoms with Crippen LogP contribution in [0.5, 0.6) is 0 Å². The first kappa shape index (κ1) is 10.6. The van der Waals surface area contributed by atoms with E-state index < -0.39 is 0 Å². The highest BCUT2D eigenvalue weighted by atomic mass is 15.6. The fraction of sp³-hybridized carbons (Fsp3) is 0.364. The van der Waals surface area contributed by atoms with Crippen molar-refractivity contribution in [2.45, 2.75) is 20.4 Å². The highest BCUT2D eigenvalue weighted by Gasteiger charge is 2.06. The second kappa shape index (κ2) is 4.30. The van der Waals surface area contributed by atoms with Crippen LogP contribution in [0, 0.1) is 5.92 Å². The summed E-state index contributed by atoms with van der Waals surface area (Å²) >= 11 is 0. The smallest absolute Gasteiger partial charge is 0.204 e. The van der Waals surface area contributed by atoms with Crippen LogP contribution in [0.15, 0.2) is 24.3 Å². The predicted octanol–water partition coefficient (Wildman–Crippen LogP) is 1.58. The zero-order valence-electron chi connectivity index (χ0n) is 9.46. The number of nitrogens with two attached hydrogens (primary N) is 1. The molecule has 0 saturated heterocycles. The summed E-state index contributed by atoms with van der Waals surface area (Å²) in [6, 6.07) is 7.49. The van der Waals surface area contributed by atoms with E-state index in [2.05, 4.69) is 29.3 Å². The van der Waals surface area contributed by atoms with Gasteiger partial charge in [-0.15, -0.1) is 10.2 Å². The molecule has 5 heteroatoms. The summed E-state index contributed by atoms with van der Waals surface area (Å²) in [4.78, 5) is 1.61. The molecule has 0 amide bonds. The molecule has 0 fully saturated rings. The number of rotatable bonds is 3. The van der Waals surface area contributed by atoms with E-state index in [1.54, 1.807) is 4.80 Å². The minimum atomic E-state index is 0.503. The SMILES string of the molecule is CC(C)Cn1nnc(-c2cccc(N)c2)n1. The van der Waals surface area contributed by atoms with Crippen molar-refractivity contribution in [3.8, 4) is 11.4 Å². The number of nitrogens with zero attached hydrogens (tertiary/aromatic N) is 4. The summed E-state index contributed by atoms with van der Waals surface area (Å²) in [5.41, 5.74) is 7.31. The van der Waals surface area contributed by atoms with Gasteiger partial charge in [0.25, 0.3) is 0 Å². The van der Waals surface area contributed by atoms with Gasteiger partial charge < -0.3 is 5.73 Å². The molecule has 0 saturated carbocycles. The normalized spacial score (nSPS) is 10.9. The second-order valence-corrected chi connectivity index (χ2v) is 4.19. The number of hydrogen-bond donors (Lipinski definition) is 1. The van der Waals surface area contributed by atoms with Crippen molar-refractivity contribution in [1.29, 1.82) is 0 Å². The van der Waals surface area contributed by atoms with Crippen LogP contribution >= 0.6 is 0 Å². The molecule has 16 heavy (non-hydrogen) atoms. The quantitative estimate of drug-likeness (QED) is 0.792. The van der Waals surface area contributed by atoms with Crippen LogP contribution in [0.1, 0.15) is 13.8 Å². The molecule has 0 atom stereocenters. The summed E-state index contributed by atoms with van der Waals surface area (Å²) in [5.74, 6) is 1.12. The van der Waals surface area contributed by atoms with Crippen molar-refractivity contribution in [3.63, 3.8) is 0 Å². The molecule has 1 aromatic heterocycles. The Balaban J connectivity index is 2.24. The molecule has 0 aliphatic carbocycles. The van der Waals surface area contributed by atoms with E-state index in [-0.39, 0.29) is 0 Å². The van der Waals surface area contributed by atoms with Crippen molar-refractivity contribution in [2.75, 3.05) is 5.73 Å². The third kappa shape index (κ3) is 2.36. The maximum Gasteiger partial charge on any atom is 0.204 e. The summed E-state index contributed by atoms with van der Waals surface area (Å²) in [7, 11) is 0. The largest absolute Gasteiger partial charge is 0.399 e. The summed E-state index contributed by atoms with van der Waals surface area (Å²) in [6.45, 7) is 5.00. The van der Waals surface area contributed by atoms with Crippen molar-refractivity contribution < 1.29 is 0 Å². The van der Waals surface area contributed by atoms with Gasteiger partial charge in [0.15, 0.2) is 0 Å². The first-order valence-electron chi connectivity index (χ1n) is 5.29. The highest BCUT2D eigenvalue weighted by molar-refractivity contribution is 5.60. The van der Waals surface area contributed by atoms with Crippen molar-refractivity contribution >= 4 is 5.69 Å². The van der Waals surface area contributed by atoms with Gasteiger partial charge in [0.1, 0.15) is 0 Å². The lowest BCUT2D eigenvalue weighted by atomic mass is 10.2. The van der Waals surface area contributed by atoms with Crippen molar-refractivity contribution in [1.82, 2.24) is 20.2 Å². The number of aromatic nitrogens is 4. The Morgan fingerprint density at radius 1 is 1.38 bits per heavy atom. The minimum Gasteiger partial charge on any atom is -0.399 e. The van der Waals surface area contributed by atoms with Crippen LogP contribution < -0.4 is 5.73 Å². The van der Waals surface area contributed by atoms with Gasteiger partial charge in [0.2, 0.25) is 5.82 Å². The third-order valence-corrected chi connectivity index (χ3v) is 2.13. The van der Waals surface area contributed by atoms with Crippen LogP contribution in [0.25, 0.3) is 11.4 Å². The Morgan fingerprint density at radius 2 is 2.19 bits per heavy atom. The molecule has 1 heterocycles. The molecule has 1 aromatic carbocycles. The van der Waals surface area contributed by atoms with E-state index in [1.165, 1.54) is 0 Å². The Morgan fingerprint density at radius 3 is 2.88 bits per heavy atom. The average molecular weight is 217 g/mol. The number of anilines is 1. The zero-order valence-corrected chi connectivity index (χ0v) is 9.46. The molecule has 0 unspecified atom stereocenters. The molecule has 2 aromatic rings. The van der Waals surface area contributed by atoms with Crippen molar-refractivity contribution in [2.24, 2.45) is 5.92 Å². The van der Waals surface area contributed by atoms with Crippen LogP contribution in [-0.2, 0) is 6.54 Å². The predicted molar refractivity (Wildman–Crippen MR) is 62.5 cm³/mol. The molecule has 84 valence electrons. The Bertz CT molecular complexity index is 475. The van der Waals surface area contributed by atoms with Gasteiger partial charge in [0.05, 0.1) is 6.54 Å². The van der Waals surface area contributed by atoms with Gasteiger partial charge in [-0.1, -0.05) is 26.0 Å². The molecular weight excluding hydrogens is 202 g/mol. The number of nitrogen functional groups attached to an aromatic ring is 1. The van der Waals surface area contributed by atoms with Gasteiger partial charge in [-0.25, -0.2) is 0 Å². The Hall–Kier alpha value is -1.91. The summed E-state index contributed by atoms with van der Waals surface area (Å²) in [5, 5.41) is 12.3. The van der Waals surface area contributed by atoms with E-state index >= 15 is 0 Å². The van der Waals surface area contributed by atoms with E-state index in [1.807, 2.05) is 24.3 Å². The van der Waals surface area contributed by atoms with E-state index in [9.17, 15) is 0 Å². The fourth-order valence-corrected chi connectivity index (χ4v) is 1.44. The molecule has 0 bridgehead atoms. The first-order valence-corrected chi connectivity index (χ1v) is 5.29. The molecule has 2 rings (SSSR count). The number of hydrogen-bond acceptors (Lipinski definition) is 4. The van der Waals surface area contributed by atoms with E-state index in [0.29, 0.717) is 17.4 Å². The zero-order chi connectivity index (χ0) is 11.5. The standard InChI is InChI=1S/C11H15N5/c1-8(2)7-16-14-11(13-15-16)9-4-3-5-10(12)6-9/h3-6,8H,7,12H2,1-2H3. The molecule has 0 spiro atoms. The number of benzene rings is 1. The van der Waals surface area contributed by atoms with Crippen LogP contribution in [0.2, 0.25) is 0 Å². The Kier molecular flexibility index (Phi) is 2.85. The minimum absolute atomic E-state index is 0.503. The van der Waals surface area contributed by atoms with Gasteiger partial charge in [-0.05, 0) is 23.3 Å². The lowest BCUT2D eigenvalue weighted by Crippen LogP contribution is -2.07. The van der Waals surface area contributed by atoms with E-state index in [0.717, 1.165) is 12.1 Å². The third-order valence-electron chi connectivity index (χ3n) is 2.13. The monoisotopic (exact) mass is 217 g/mol. The fourth-order valence-electron chi connectivity index (χ4n) is 1.44. The van der Waals surface area contributed by atoms with Gasteiger partial charge in [-0.2, -0.15) is 4.80 Å². The van der Waals surface area contributed by atoms with Crippen molar-refractivity contribution in [3.05, 3.63) is 24.3 Å². The Labute approximate surface area is 94.3 Å². The molecular formula is C11H15N5. The maximum atomic E-state index is 5.70. The maximum absolute atomic E-state index is 5.70. The topological polar surface area (TPSA) is 69.6 Å². The summed E-state index contributed by atoms with van der Waals surface area (Å²) < 4.78 is 0. The second-order valence-electron chi connectivity index (χ2n) is 4.19. The lowest BCUT2D eigenvalue weighted by molar-refractivity contribution is 0.430. The highest BCUT2D eigenvalue weighted by Crippen LogP contribution is 2.16. The van der Waals surface area contributed by atoms with Crippen LogP contribution in [-0.4, -0.2) is 20.2 Å². The van der Waals surface area contributed by atoms with Crippen LogP contribution in [0.4, 0.5) is 5.69 Å². The summed E-state index contributed by atoms with van der Waals surface area (Å²) in [6.07, 6.45) is 0. The molecule has 5 nitrogen and oxygen atoms in total. The van der Waals surface area contributed by atoms with Gasteiger partial charge >= 0.3 is 0 Å². The molecule has 0 aliphatic heterocycles. The first-order chi connectivity index (χ1) is 7.65. The van der Waals surface area contributed by atoms with Gasteiger partial charge in [-0.3, -0.25) is 0 Å². The van der Waals surface area contributed by atoms with Gasteiger partial charge in [0, 0.05) is 11.3 Å². The van der Waals surface area contributed by atoms with Crippen LogP contribution in [0.3, 0.4) is 0 Å². The van der Waals surface area contributed by atoms with E-state index in [4.69, 9.17) is 5.73 Å². The lowest BCUT2D eigenvalue weighted by Gasteiger charge is -2.00. The molecule has 2 N–H and O–H groups in total. The molecule has 0 radical (unpaired) electrons. The molecule has 0 aliphatic rings. The number of tetrazole rings is 1. The average Bonchev–Trinajstić information content (AvgIpc) is 2.65.